The van der Waals surface area contributed by atoms with Crippen molar-refractivity contribution < 1.29 is 18.7 Å². The van der Waals surface area contributed by atoms with Crippen molar-refractivity contribution >= 4 is 22.6 Å². The summed E-state index contributed by atoms with van der Waals surface area (Å²) in [6.45, 7) is 3.56. The number of alkyl halides is 2. The van der Waals surface area contributed by atoms with Gasteiger partial charge in [-0.15, -0.1) is 0 Å². The SMILES string of the molecule is CC(F)CNc1cc(-n2ccc3cc(C#N)cnc32)ncc1C(=O)NCC(F)C(C)(C)O. The van der Waals surface area contributed by atoms with Crippen LogP contribution in [0.25, 0.3) is 16.9 Å². The summed E-state index contributed by atoms with van der Waals surface area (Å²) in [5, 5.41) is 24.8. The molecule has 0 aliphatic carbocycles. The smallest absolute Gasteiger partial charge is 0.255 e. The molecule has 0 saturated heterocycles. The van der Waals surface area contributed by atoms with E-state index in [1.54, 1.807) is 29.0 Å². The highest BCUT2D eigenvalue weighted by Crippen LogP contribution is 2.23. The number of pyridine rings is 2. The van der Waals surface area contributed by atoms with Gasteiger partial charge in [0, 0.05) is 36.6 Å². The molecular formula is C22H24F2N6O2. The molecule has 2 atom stereocenters. The fourth-order valence-corrected chi connectivity index (χ4v) is 2.95. The summed E-state index contributed by atoms with van der Waals surface area (Å²) in [5.74, 6) is -0.193. The van der Waals surface area contributed by atoms with E-state index < -0.39 is 30.4 Å². The van der Waals surface area contributed by atoms with Gasteiger partial charge >= 0.3 is 0 Å². The number of aromatic nitrogens is 3. The number of nitriles is 1. The number of nitrogens with one attached hydrogen (secondary N) is 2. The van der Waals surface area contributed by atoms with E-state index in [-0.39, 0.29) is 12.1 Å². The molecule has 0 spiro atoms. The normalized spacial score (nSPS) is 13.4. The van der Waals surface area contributed by atoms with Gasteiger partial charge in [0.15, 0.2) is 0 Å². The second kappa shape index (κ2) is 9.28. The number of carbonyl (C=O) groups excluding carboxylic acids is 1. The summed E-state index contributed by atoms with van der Waals surface area (Å²) < 4.78 is 29.2. The lowest BCUT2D eigenvalue weighted by atomic mass is 10.0. The van der Waals surface area contributed by atoms with Crippen LogP contribution in [0.5, 0.6) is 0 Å². The Morgan fingerprint density at radius 1 is 1.28 bits per heavy atom. The van der Waals surface area contributed by atoms with Crippen molar-refractivity contribution in [3.8, 4) is 11.9 Å². The Balaban J connectivity index is 1.93. The maximum Gasteiger partial charge on any atom is 0.255 e. The van der Waals surface area contributed by atoms with E-state index in [0.29, 0.717) is 22.7 Å². The van der Waals surface area contributed by atoms with E-state index in [4.69, 9.17) is 5.26 Å². The summed E-state index contributed by atoms with van der Waals surface area (Å²) in [5.41, 5.74) is -0.205. The Morgan fingerprint density at radius 3 is 2.69 bits per heavy atom. The van der Waals surface area contributed by atoms with Crippen LogP contribution in [0.15, 0.2) is 36.8 Å². The number of anilines is 1. The van der Waals surface area contributed by atoms with Gasteiger partial charge in [-0.1, -0.05) is 0 Å². The van der Waals surface area contributed by atoms with Crippen LogP contribution in [0.4, 0.5) is 14.5 Å². The van der Waals surface area contributed by atoms with Crippen LogP contribution in [0, 0.1) is 11.3 Å². The van der Waals surface area contributed by atoms with Crippen molar-refractivity contribution in [3.63, 3.8) is 0 Å². The number of aliphatic hydroxyl groups is 1. The number of halogens is 2. The predicted octanol–water partition coefficient (Wildman–Crippen LogP) is 2.90. The molecule has 0 aromatic carbocycles. The van der Waals surface area contributed by atoms with E-state index in [9.17, 15) is 18.7 Å². The Bertz CT molecular complexity index is 1160. The first-order valence-electron chi connectivity index (χ1n) is 10.0. The first-order valence-corrected chi connectivity index (χ1v) is 10.0. The zero-order valence-electron chi connectivity index (χ0n) is 17.9. The lowest BCUT2D eigenvalue weighted by Crippen LogP contribution is -2.42. The van der Waals surface area contributed by atoms with Crippen molar-refractivity contribution in [2.24, 2.45) is 0 Å². The van der Waals surface area contributed by atoms with Crippen molar-refractivity contribution in [3.05, 3.63) is 47.9 Å². The van der Waals surface area contributed by atoms with Gasteiger partial charge in [-0.25, -0.2) is 18.7 Å². The average molecular weight is 442 g/mol. The molecule has 3 heterocycles. The third-order valence-electron chi connectivity index (χ3n) is 4.82. The van der Waals surface area contributed by atoms with Gasteiger partial charge < -0.3 is 15.7 Å². The lowest BCUT2D eigenvalue weighted by Gasteiger charge is -2.22. The van der Waals surface area contributed by atoms with Crippen LogP contribution >= 0.6 is 0 Å². The monoisotopic (exact) mass is 442 g/mol. The second-order valence-corrected chi connectivity index (χ2v) is 8.02. The molecule has 1 amide bonds. The number of rotatable bonds is 8. The van der Waals surface area contributed by atoms with Crippen LogP contribution < -0.4 is 10.6 Å². The molecule has 168 valence electrons. The van der Waals surface area contributed by atoms with Crippen LogP contribution in [-0.2, 0) is 0 Å². The Kier molecular flexibility index (Phi) is 6.69. The van der Waals surface area contributed by atoms with Crippen LogP contribution in [0.2, 0.25) is 0 Å². The first-order chi connectivity index (χ1) is 15.1. The zero-order valence-corrected chi connectivity index (χ0v) is 17.9. The van der Waals surface area contributed by atoms with Crippen molar-refractivity contribution in [2.75, 3.05) is 18.4 Å². The van der Waals surface area contributed by atoms with E-state index in [1.807, 2.05) is 6.07 Å². The van der Waals surface area contributed by atoms with Crippen molar-refractivity contribution in [2.45, 2.75) is 38.7 Å². The molecule has 2 unspecified atom stereocenters. The summed E-state index contributed by atoms with van der Waals surface area (Å²) in [7, 11) is 0. The highest BCUT2D eigenvalue weighted by molar-refractivity contribution is 5.99. The number of carbonyl (C=O) groups is 1. The molecule has 3 aromatic heterocycles. The standard InChI is InChI=1S/C22H24F2N6O2/c1-13(23)9-26-17-7-19(30-5-4-15-6-14(8-25)10-28-20(15)30)27-11-16(17)21(31)29-12-18(24)22(2,3)32/h4-7,10-11,13,18,32H,9,12H2,1-3H3,(H,26,27)(H,29,31). The minimum absolute atomic E-state index is 0.0463. The van der Waals surface area contributed by atoms with Gasteiger partial charge in [-0.3, -0.25) is 9.36 Å². The minimum atomic E-state index is -1.67. The number of hydrogen-bond acceptors (Lipinski definition) is 6. The first kappa shape index (κ1) is 23.1. The van der Waals surface area contributed by atoms with Crippen molar-refractivity contribution in [1.29, 1.82) is 5.26 Å². The number of nitrogens with zero attached hydrogens (tertiary/aromatic N) is 4. The fraction of sp³-hybridized carbons (Fsp3) is 0.364. The van der Waals surface area contributed by atoms with Gasteiger partial charge in [-0.05, 0) is 32.9 Å². The molecule has 3 rings (SSSR count). The van der Waals surface area contributed by atoms with Crippen LogP contribution in [0.3, 0.4) is 0 Å². The van der Waals surface area contributed by atoms with E-state index >= 15 is 0 Å². The quantitative estimate of drug-likeness (QED) is 0.494. The predicted molar refractivity (Wildman–Crippen MR) is 116 cm³/mol. The summed E-state index contributed by atoms with van der Waals surface area (Å²) in [6, 6.07) is 7.08. The van der Waals surface area contributed by atoms with Crippen LogP contribution in [-0.4, -0.2) is 56.6 Å². The molecule has 3 N–H and O–H groups in total. The van der Waals surface area contributed by atoms with Gasteiger partial charge in [-0.2, -0.15) is 5.26 Å². The Morgan fingerprint density at radius 2 is 2.03 bits per heavy atom. The van der Waals surface area contributed by atoms with Crippen molar-refractivity contribution in [1.82, 2.24) is 19.9 Å². The van der Waals surface area contributed by atoms with Gasteiger partial charge in [0.25, 0.3) is 5.91 Å². The fourth-order valence-electron chi connectivity index (χ4n) is 2.95. The van der Waals surface area contributed by atoms with Gasteiger partial charge in [0.05, 0.1) is 29.0 Å². The topological polar surface area (TPSA) is 116 Å². The van der Waals surface area contributed by atoms with E-state index in [2.05, 4.69) is 20.6 Å². The molecular weight excluding hydrogens is 418 g/mol. The molecule has 8 nitrogen and oxygen atoms in total. The third-order valence-corrected chi connectivity index (χ3v) is 4.82. The molecule has 0 bridgehead atoms. The van der Waals surface area contributed by atoms with E-state index in [0.717, 1.165) is 5.39 Å². The number of fused-ring (bicyclic) bond motifs is 1. The molecule has 0 aliphatic rings. The maximum absolute atomic E-state index is 14.0. The highest BCUT2D eigenvalue weighted by Gasteiger charge is 2.27. The number of amides is 1. The van der Waals surface area contributed by atoms with Crippen LogP contribution in [0.1, 0.15) is 36.7 Å². The average Bonchev–Trinajstić information content (AvgIpc) is 3.17. The largest absolute Gasteiger partial charge is 0.387 e. The molecule has 0 saturated carbocycles. The number of hydrogen-bond donors (Lipinski definition) is 3. The maximum atomic E-state index is 14.0. The third kappa shape index (κ3) is 5.18. The molecule has 0 fully saturated rings. The minimum Gasteiger partial charge on any atom is -0.387 e. The molecule has 32 heavy (non-hydrogen) atoms. The molecule has 0 aliphatic heterocycles. The summed E-state index contributed by atoms with van der Waals surface area (Å²) in [4.78, 5) is 21.3. The zero-order chi connectivity index (χ0) is 23.5. The second-order valence-electron chi connectivity index (χ2n) is 8.02. The molecule has 3 aromatic rings. The van der Waals surface area contributed by atoms with E-state index in [1.165, 1.54) is 33.2 Å². The van der Waals surface area contributed by atoms with Gasteiger partial charge in [0.1, 0.15) is 29.9 Å². The Labute approximate surface area is 183 Å². The van der Waals surface area contributed by atoms with Gasteiger partial charge in [0.2, 0.25) is 0 Å². The molecule has 0 radical (unpaired) electrons. The summed E-state index contributed by atoms with van der Waals surface area (Å²) in [6.07, 6.45) is 1.63. The summed E-state index contributed by atoms with van der Waals surface area (Å²) >= 11 is 0. The highest BCUT2D eigenvalue weighted by atomic mass is 19.1. The molecule has 10 heteroatoms. The lowest BCUT2D eigenvalue weighted by molar-refractivity contribution is -0.00177. The Hall–Kier alpha value is -3.58.